The van der Waals surface area contributed by atoms with Gasteiger partial charge in [-0.05, 0) is 18.2 Å². The lowest BCUT2D eigenvalue weighted by Crippen LogP contribution is -2.33. The molecular formula is C21H20N7O10PS. The van der Waals surface area contributed by atoms with Gasteiger partial charge in [0.25, 0.3) is 0 Å². The average Bonchev–Trinajstić information content (AvgIpc) is 3.69. The molecule has 1 aromatic carbocycles. The number of carbonyl (C=O) groups is 1. The van der Waals surface area contributed by atoms with Crippen LogP contribution in [0.4, 0.5) is 5.82 Å². The van der Waals surface area contributed by atoms with Crippen molar-refractivity contribution in [3.8, 4) is 5.75 Å². The number of aliphatic imine (C=N–C) groups is 1. The largest absolute Gasteiger partial charge is 0.529 e. The number of anilines is 1. The fourth-order valence-corrected chi connectivity index (χ4v) is 5.82. The molecule has 6 rings (SSSR count). The Labute approximate surface area is 227 Å². The summed E-state index contributed by atoms with van der Waals surface area (Å²) >= 11 is 1.17. The second-order valence-corrected chi connectivity index (χ2v) is 11.1. The zero-order valence-corrected chi connectivity index (χ0v) is 21.8. The average molecular weight is 593 g/mol. The number of phosphoric ester groups is 1. The lowest BCUT2D eigenvalue weighted by Gasteiger charge is -2.17. The topological polar surface area (TPSA) is 247 Å². The number of carbonyl (C=O) groups excluding carboxylic acids is 1. The Morgan fingerprint density at radius 1 is 1.25 bits per heavy atom. The number of hydrogen-bond acceptors (Lipinski definition) is 16. The minimum atomic E-state index is -4.99. The summed E-state index contributed by atoms with van der Waals surface area (Å²) in [4.78, 5) is 43.0. The fraction of sp³-hybridized carbons (Fsp3) is 0.333. The summed E-state index contributed by atoms with van der Waals surface area (Å²) in [6, 6.07) is 3.34. The van der Waals surface area contributed by atoms with E-state index in [1.807, 2.05) is 0 Å². The van der Waals surface area contributed by atoms with E-state index >= 15 is 0 Å². The highest BCUT2D eigenvalue weighted by atomic mass is 32.1. The fourth-order valence-electron chi connectivity index (χ4n) is 4.14. The summed E-state index contributed by atoms with van der Waals surface area (Å²) in [5.74, 6) is -0.984. The zero-order valence-electron chi connectivity index (χ0n) is 20.0. The van der Waals surface area contributed by atoms with Crippen molar-refractivity contribution in [2.24, 2.45) is 4.99 Å². The number of benzene rings is 1. The minimum absolute atomic E-state index is 0.0397. The molecule has 0 aliphatic carbocycles. The van der Waals surface area contributed by atoms with Crippen LogP contribution in [0.25, 0.3) is 21.4 Å². The zero-order chi connectivity index (χ0) is 28.2. The second kappa shape index (κ2) is 10.0. The maximum atomic E-state index is 12.5. The van der Waals surface area contributed by atoms with E-state index in [0.717, 1.165) is 0 Å². The first-order chi connectivity index (χ1) is 19.1. The number of phenolic OH excluding ortho intramolecular Hbond substituents is 1. The van der Waals surface area contributed by atoms with Gasteiger partial charge >= 0.3 is 13.8 Å². The Kier molecular flexibility index (Phi) is 6.62. The molecule has 2 aliphatic rings. The van der Waals surface area contributed by atoms with Crippen molar-refractivity contribution in [1.82, 2.24) is 24.5 Å². The van der Waals surface area contributed by atoms with E-state index in [2.05, 4.69) is 29.5 Å². The number of ether oxygens (including phenoxy) is 2. The van der Waals surface area contributed by atoms with Crippen molar-refractivity contribution in [2.45, 2.75) is 30.6 Å². The predicted octanol–water partition coefficient (Wildman–Crippen LogP) is -0.151. The Hall–Kier alpha value is -3.77. The van der Waals surface area contributed by atoms with Crippen LogP contribution < -0.4 is 5.73 Å². The number of aliphatic hydroxyl groups excluding tert-OH is 2. The normalized spacial score (nSPS) is 26.1. The summed E-state index contributed by atoms with van der Waals surface area (Å²) in [7, 11) is -4.99. The minimum Gasteiger partial charge on any atom is -0.508 e. The van der Waals surface area contributed by atoms with Gasteiger partial charge in [0, 0.05) is 0 Å². The second-order valence-electron chi connectivity index (χ2n) is 8.74. The Morgan fingerprint density at radius 3 is 2.90 bits per heavy atom. The van der Waals surface area contributed by atoms with Crippen LogP contribution in [0.3, 0.4) is 0 Å². The number of thiazole rings is 1. The summed E-state index contributed by atoms with van der Waals surface area (Å²) in [5, 5.41) is 30.9. The van der Waals surface area contributed by atoms with Gasteiger partial charge in [0.05, 0.1) is 23.2 Å². The summed E-state index contributed by atoms with van der Waals surface area (Å²) in [6.45, 7) is -0.978. The number of hydrogen-bond donors (Lipinski definition) is 5. The van der Waals surface area contributed by atoms with Crippen molar-refractivity contribution in [2.75, 3.05) is 18.9 Å². The highest BCUT2D eigenvalue weighted by Crippen LogP contribution is 2.45. The van der Waals surface area contributed by atoms with Crippen LogP contribution in [0.1, 0.15) is 11.2 Å². The monoisotopic (exact) mass is 593 g/mol. The van der Waals surface area contributed by atoms with E-state index < -0.39 is 51.0 Å². The van der Waals surface area contributed by atoms with Gasteiger partial charge in [-0.15, -0.1) is 11.3 Å². The van der Waals surface area contributed by atoms with Crippen LogP contribution in [0.15, 0.2) is 35.8 Å². The van der Waals surface area contributed by atoms with Crippen molar-refractivity contribution in [3.63, 3.8) is 0 Å². The molecule has 6 N–H and O–H groups in total. The molecule has 210 valence electrons. The van der Waals surface area contributed by atoms with E-state index in [-0.39, 0.29) is 35.2 Å². The number of nitrogens with two attached hydrogens (primary N) is 1. The molecule has 5 heterocycles. The molecule has 4 aromatic rings. The van der Waals surface area contributed by atoms with Crippen LogP contribution in [-0.2, 0) is 27.9 Å². The molecule has 19 heteroatoms. The molecule has 17 nitrogen and oxygen atoms in total. The predicted molar refractivity (Wildman–Crippen MR) is 135 cm³/mol. The van der Waals surface area contributed by atoms with Gasteiger partial charge in [-0.3, -0.25) is 14.0 Å². The van der Waals surface area contributed by atoms with Crippen LogP contribution in [0, 0.1) is 0 Å². The standard InChI is InChI=1S/C21H20N7O10PS/c22-16-13-17(24-6-23-16)28(7-25-13)20-15(31)14(30)11(37-20)5-36-39(33,34)38-21(32)10-4-35-18(26-10)19-27-9-2-1-8(29)3-12(9)40-19/h1-3,6-7,10-11,14-15,20,29-31H,4-5H2,(H,33,34)(H2,22,23,24)/t10?,11-,14-,15-,20-/m1/s1. The van der Waals surface area contributed by atoms with Gasteiger partial charge < -0.3 is 35.1 Å². The molecule has 1 fully saturated rings. The van der Waals surface area contributed by atoms with E-state index in [1.165, 1.54) is 40.7 Å². The van der Waals surface area contributed by atoms with Crippen LogP contribution >= 0.6 is 19.2 Å². The molecule has 2 aliphatic heterocycles. The number of aromatic nitrogens is 5. The van der Waals surface area contributed by atoms with Crippen molar-refractivity contribution < 1.29 is 48.1 Å². The quantitative estimate of drug-likeness (QED) is 0.175. The molecule has 0 amide bonds. The number of aromatic hydroxyl groups is 1. The molecule has 6 atom stereocenters. The third-order valence-corrected chi connectivity index (χ3v) is 7.98. The van der Waals surface area contributed by atoms with E-state index in [4.69, 9.17) is 19.7 Å². The number of imidazole rings is 1. The van der Waals surface area contributed by atoms with Gasteiger partial charge in [-0.2, -0.15) is 0 Å². The summed E-state index contributed by atoms with van der Waals surface area (Å²) in [5.41, 5.74) is 6.84. The number of nitrogen functional groups attached to an aromatic ring is 1. The van der Waals surface area contributed by atoms with Crippen LogP contribution in [-0.4, -0.2) is 94.2 Å². The number of phosphoric acid groups is 1. The SMILES string of the molecule is Nc1ncnc2c1ncn2[C@@H]1O[C@H](COP(=O)(O)OC(=O)C2COC(c3nc4ccc(O)cc4s3)=N2)[C@@H](O)[C@H]1O. The van der Waals surface area contributed by atoms with E-state index in [1.54, 1.807) is 6.07 Å². The summed E-state index contributed by atoms with van der Waals surface area (Å²) < 4.78 is 35.0. The Morgan fingerprint density at radius 2 is 2.08 bits per heavy atom. The van der Waals surface area contributed by atoms with Crippen LogP contribution in [0.5, 0.6) is 5.75 Å². The number of nitrogens with zero attached hydrogens (tertiary/aromatic N) is 6. The van der Waals surface area contributed by atoms with Crippen molar-refractivity contribution in [3.05, 3.63) is 35.9 Å². The molecular weight excluding hydrogens is 573 g/mol. The highest BCUT2D eigenvalue weighted by Gasteiger charge is 2.46. The lowest BCUT2D eigenvalue weighted by molar-refractivity contribution is -0.138. The molecule has 2 unspecified atom stereocenters. The van der Waals surface area contributed by atoms with Gasteiger partial charge in [-0.1, -0.05) is 0 Å². The molecule has 0 spiro atoms. The van der Waals surface area contributed by atoms with Crippen molar-refractivity contribution in [1.29, 1.82) is 0 Å². The molecule has 0 radical (unpaired) electrons. The number of fused-ring (bicyclic) bond motifs is 2. The van der Waals surface area contributed by atoms with Crippen molar-refractivity contribution >= 4 is 58.2 Å². The van der Waals surface area contributed by atoms with E-state index in [9.17, 15) is 29.6 Å². The number of phenols is 1. The first kappa shape index (κ1) is 26.5. The van der Waals surface area contributed by atoms with Crippen LogP contribution in [0.2, 0.25) is 0 Å². The van der Waals surface area contributed by atoms with Gasteiger partial charge in [0.2, 0.25) is 5.90 Å². The first-order valence-electron chi connectivity index (χ1n) is 11.6. The smallest absolute Gasteiger partial charge is 0.508 e. The summed E-state index contributed by atoms with van der Waals surface area (Å²) in [6.07, 6.45) is -3.01. The van der Waals surface area contributed by atoms with Gasteiger partial charge in [0.1, 0.15) is 42.5 Å². The molecule has 1 saturated heterocycles. The van der Waals surface area contributed by atoms with Gasteiger partial charge in [0.15, 0.2) is 28.7 Å². The molecule has 3 aromatic heterocycles. The maximum Gasteiger partial charge on any atom is 0.529 e. The Balaban J connectivity index is 1.08. The molecule has 0 saturated carbocycles. The Bertz CT molecular complexity index is 1690. The van der Waals surface area contributed by atoms with Gasteiger partial charge in [-0.25, -0.2) is 34.3 Å². The maximum absolute atomic E-state index is 12.5. The third-order valence-electron chi connectivity index (χ3n) is 6.08. The third kappa shape index (κ3) is 4.86. The molecule has 0 bridgehead atoms. The first-order valence-corrected chi connectivity index (χ1v) is 13.9. The molecule has 40 heavy (non-hydrogen) atoms. The highest BCUT2D eigenvalue weighted by molar-refractivity contribution is 7.48. The number of rotatable bonds is 7. The number of aliphatic hydroxyl groups is 2. The lowest BCUT2D eigenvalue weighted by atomic mass is 10.1. The van der Waals surface area contributed by atoms with E-state index in [0.29, 0.717) is 15.2 Å².